The number of fused-ring (bicyclic) bond motifs is 1. The molecule has 3 heterocycles. The molecule has 2 saturated heterocycles. The zero-order chi connectivity index (χ0) is 27.2. The number of rotatable bonds is 5. The summed E-state index contributed by atoms with van der Waals surface area (Å²) in [4.78, 5) is 37.7. The van der Waals surface area contributed by atoms with Gasteiger partial charge in [0.1, 0.15) is 29.2 Å². The third-order valence-electron chi connectivity index (χ3n) is 6.41. The van der Waals surface area contributed by atoms with Crippen LogP contribution in [0, 0.1) is 11.6 Å². The van der Waals surface area contributed by atoms with Gasteiger partial charge in [0.25, 0.3) is 0 Å². The lowest BCUT2D eigenvalue weighted by atomic mass is 9.85. The minimum absolute atomic E-state index is 0.101. The van der Waals surface area contributed by atoms with Gasteiger partial charge in [0.05, 0.1) is 37.0 Å². The topological polar surface area (TPSA) is 106 Å². The minimum Gasteiger partial charge on any atom is -0.491 e. The van der Waals surface area contributed by atoms with Gasteiger partial charge in [-0.25, -0.2) is 13.6 Å². The molecule has 2 N–H and O–H groups in total. The van der Waals surface area contributed by atoms with Crippen molar-refractivity contribution in [2.24, 2.45) is 0 Å². The van der Waals surface area contributed by atoms with Crippen LogP contribution in [0.3, 0.4) is 0 Å². The van der Waals surface area contributed by atoms with E-state index in [0.717, 1.165) is 6.07 Å². The van der Waals surface area contributed by atoms with Crippen LogP contribution in [0.4, 0.5) is 38.1 Å². The number of carbonyl (C=O) groups excluding carboxylic acids is 3. The highest BCUT2D eigenvalue weighted by atomic mass is 19.4. The molecule has 0 saturated carbocycles. The summed E-state index contributed by atoms with van der Waals surface area (Å²) in [6, 6.07) is 3.37. The van der Waals surface area contributed by atoms with E-state index in [9.17, 15) is 31.9 Å². The monoisotopic (exact) mass is 541 g/mol. The second-order valence-corrected chi connectivity index (χ2v) is 8.95. The summed E-state index contributed by atoms with van der Waals surface area (Å²) in [5, 5.41) is 4.28. The number of piperidine rings is 1. The molecule has 202 valence electrons. The van der Waals surface area contributed by atoms with Gasteiger partial charge in [-0.05, 0) is 18.6 Å². The zero-order valence-electron chi connectivity index (χ0n) is 19.5. The average Bonchev–Trinajstić information content (AvgIpc) is 3.27. The summed E-state index contributed by atoms with van der Waals surface area (Å²) in [7, 11) is 0. The lowest BCUT2D eigenvalue weighted by molar-refractivity contribution is -0.274. The number of ether oxygens (including phenoxy) is 3. The number of anilines is 2. The van der Waals surface area contributed by atoms with E-state index in [4.69, 9.17) is 9.47 Å². The number of carbonyl (C=O) groups is 3. The van der Waals surface area contributed by atoms with Crippen molar-refractivity contribution in [3.05, 3.63) is 47.0 Å². The van der Waals surface area contributed by atoms with Gasteiger partial charge in [-0.15, -0.1) is 13.2 Å². The summed E-state index contributed by atoms with van der Waals surface area (Å²) in [6.07, 6.45) is -6.10. The molecule has 1 atom stereocenters. The van der Waals surface area contributed by atoms with Crippen molar-refractivity contribution in [1.82, 2.24) is 5.32 Å². The Morgan fingerprint density at radius 1 is 1.11 bits per heavy atom. The maximum absolute atomic E-state index is 15.2. The summed E-state index contributed by atoms with van der Waals surface area (Å²) in [6.45, 7) is 0.561. The van der Waals surface area contributed by atoms with Crippen LogP contribution in [-0.4, -0.2) is 50.1 Å². The van der Waals surface area contributed by atoms with E-state index in [1.165, 1.54) is 6.07 Å². The van der Waals surface area contributed by atoms with Crippen LogP contribution >= 0.6 is 0 Å². The van der Waals surface area contributed by atoms with Gasteiger partial charge in [-0.2, -0.15) is 0 Å². The number of amides is 3. The van der Waals surface area contributed by atoms with Gasteiger partial charge < -0.3 is 19.1 Å². The van der Waals surface area contributed by atoms with Gasteiger partial charge in [0, 0.05) is 36.1 Å². The fraction of sp³-hybridized carbons (Fsp3) is 0.375. The molecule has 3 aliphatic rings. The molecular weight excluding hydrogens is 521 g/mol. The molecule has 0 bridgehead atoms. The number of nitrogens with one attached hydrogen (secondary N) is 2. The van der Waals surface area contributed by atoms with E-state index in [0.29, 0.717) is 35.6 Å². The number of hydrogen-bond donors (Lipinski definition) is 2. The summed E-state index contributed by atoms with van der Waals surface area (Å²) >= 11 is 0. The number of halogens is 5. The Morgan fingerprint density at radius 3 is 2.58 bits per heavy atom. The Kier molecular flexibility index (Phi) is 6.49. The van der Waals surface area contributed by atoms with E-state index in [-0.39, 0.29) is 38.1 Å². The average molecular weight is 541 g/mol. The Morgan fingerprint density at radius 2 is 1.87 bits per heavy atom. The van der Waals surface area contributed by atoms with Crippen LogP contribution < -0.4 is 25.0 Å². The molecule has 2 aromatic rings. The second-order valence-electron chi connectivity index (χ2n) is 8.95. The molecule has 2 fully saturated rings. The van der Waals surface area contributed by atoms with Gasteiger partial charge >= 0.3 is 12.5 Å². The van der Waals surface area contributed by atoms with Gasteiger partial charge in [-0.1, -0.05) is 0 Å². The first-order valence-electron chi connectivity index (χ1n) is 11.6. The fourth-order valence-electron chi connectivity index (χ4n) is 4.73. The van der Waals surface area contributed by atoms with Crippen molar-refractivity contribution >= 4 is 29.3 Å². The van der Waals surface area contributed by atoms with E-state index in [2.05, 4.69) is 10.1 Å². The highest BCUT2D eigenvalue weighted by Crippen LogP contribution is 2.45. The minimum atomic E-state index is -4.99. The van der Waals surface area contributed by atoms with Crippen molar-refractivity contribution in [3.63, 3.8) is 0 Å². The molecule has 2 aromatic carbocycles. The number of hydrogen-bond acceptors (Lipinski definition) is 7. The van der Waals surface area contributed by atoms with Crippen LogP contribution in [0.5, 0.6) is 11.5 Å². The number of nitrogens with zero attached hydrogens (tertiary/aromatic N) is 1. The molecule has 3 amide bonds. The molecule has 9 nitrogen and oxygen atoms in total. The number of alkyl halides is 3. The van der Waals surface area contributed by atoms with Crippen LogP contribution in [-0.2, 0) is 20.7 Å². The maximum atomic E-state index is 15.2. The predicted octanol–water partition coefficient (Wildman–Crippen LogP) is 3.76. The summed E-state index contributed by atoms with van der Waals surface area (Å²) in [5.74, 6) is -3.69. The first-order valence-corrected chi connectivity index (χ1v) is 11.6. The molecule has 0 aromatic heterocycles. The largest absolute Gasteiger partial charge is 0.573 e. The first-order chi connectivity index (χ1) is 18.0. The van der Waals surface area contributed by atoms with Gasteiger partial charge in [0.2, 0.25) is 11.8 Å². The SMILES string of the molecule is O=C1CCC(c2c(F)cc(N3CC(OC(=O)Nc4cc(OC(F)(F)F)ccc4F)C3)c3c2CCO3)C(=O)N1. The standard InChI is InChI=1S/C24H20F5N3O6/c25-15-3-1-11(38-24(27,28)29)7-17(15)30-23(35)37-12-9-32(10-12)18-8-16(26)20(13-5-6-36-21(13)18)14-2-4-19(33)31-22(14)34/h1,3,7-8,12,14H,2,4-6,9-10H2,(H,30,35)(H,31,33,34). The predicted molar refractivity (Wildman–Crippen MR) is 120 cm³/mol. The highest BCUT2D eigenvalue weighted by molar-refractivity contribution is 6.01. The van der Waals surface area contributed by atoms with Crippen molar-refractivity contribution in [2.75, 3.05) is 29.9 Å². The van der Waals surface area contributed by atoms with Crippen molar-refractivity contribution in [3.8, 4) is 11.5 Å². The van der Waals surface area contributed by atoms with Crippen molar-refractivity contribution in [1.29, 1.82) is 0 Å². The Labute approximate surface area is 211 Å². The van der Waals surface area contributed by atoms with E-state index >= 15 is 4.39 Å². The van der Waals surface area contributed by atoms with E-state index in [1.807, 2.05) is 5.32 Å². The third-order valence-corrected chi connectivity index (χ3v) is 6.41. The first kappa shape index (κ1) is 25.5. The Balaban J connectivity index is 1.23. The fourth-order valence-corrected chi connectivity index (χ4v) is 4.73. The lowest BCUT2D eigenvalue weighted by Crippen LogP contribution is -2.53. The molecule has 0 aliphatic carbocycles. The van der Waals surface area contributed by atoms with Crippen molar-refractivity contribution in [2.45, 2.75) is 37.6 Å². The van der Waals surface area contributed by atoms with Gasteiger partial charge in [0.15, 0.2) is 0 Å². The smallest absolute Gasteiger partial charge is 0.491 e. The summed E-state index contributed by atoms with van der Waals surface area (Å²) < 4.78 is 81.0. The molecule has 1 unspecified atom stereocenters. The van der Waals surface area contributed by atoms with Crippen LogP contribution in [0.1, 0.15) is 29.9 Å². The quantitative estimate of drug-likeness (QED) is 0.439. The van der Waals surface area contributed by atoms with Gasteiger partial charge in [-0.3, -0.25) is 20.2 Å². The van der Waals surface area contributed by atoms with E-state index in [1.54, 1.807) is 4.90 Å². The van der Waals surface area contributed by atoms with Crippen LogP contribution in [0.15, 0.2) is 24.3 Å². The van der Waals surface area contributed by atoms with Crippen LogP contribution in [0.2, 0.25) is 0 Å². The zero-order valence-corrected chi connectivity index (χ0v) is 19.5. The lowest BCUT2D eigenvalue weighted by Gasteiger charge is -2.40. The second kappa shape index (κ2) is 9.65. The van der Waals surface area contributed by atoms with Crippen molar-refractivity contribution < 1.29 is 50.5 Å². The molecule has 0 radical (unpaired) electrons. The molecule has 3 aliphatic heterocycles. The normalized spacial score (nSPS) is 19.3. The Bertz CT molecular complexity index is 1310. The molecule has 38 heavy (non-hydrogen) atoms. The van der Waals surface area contributed by atoms with E-state index < -0.39 is 59.4 Å². The summed E-state index contributed by atoms with van der Waals surface area (Å²) in [5.41, 5.74) is 0.602. The van der Waals surface area contributed by atoms with Crippen LogP contribution in [0.25, 0.3) is 0 Å². The number of imide groups is 1. The molecular formula is C24H20F5N3O6. The Hall–Kier alpha value is -4.10. The third kappa shape index (κ3) is 5.15. The molecule has 5 rings (SSSR count). The maximum Gasteiger partial charge on any atom is 0.573 e. The highest BCUT2D eigenvalue weighted by Gasteiger charge is 2.39. The number of benzene rings is 2. The molecule has 14 heteroatoms. The molecule has 0 spiro atoms.